The number of amides is 1. The summed E-state index contributed by atoms with van der Waals surface area (Å²) >= 11 is 6.28. The molecule has 10 heteroatoms. The molecule has 1 atom stereocenters. The smallest absolute Gasteiger partial charge is 0.407 e. The molecule has 1 aliphatic heterocycles. The first kappa shape index (κ1) is 21.9. The van der Waals surface area contributed by atoms with Gasteiger partial charge in [-0.15, -0.1) is 0 Å². The van der Waals surface area contributed by atoms with Gasteiger partial charge in [0.1, 0.15) is 11.6 Å². The summed E-state index contributed by atoms with van der Waals surface area (Å²) in [7, 11) is 0. The van der Waals surface area contributed by atoms with Crippen LogP contribution in [0.4, 0.5) is 14.9 Å². The van der Waals surface area contributed by atoms with Crippen LogP contribution in [0.2, 0.25) is 5.02 Å². The highest BCUT2D eigenvalue weighted by Crippen LogP contribution is 2.44. The summed E-state index contributed by atoms with van der Waals surface area (Å²) in [5, 5.41) is 14.5. The van der Waals surface area contributed by atoms with Crippen LogP contribution in [-0.2, 0) is 0 Å². The van der Waals surface area contributed by atoms with Gasteiger partial charge in [0, 0.05) is 30.1 Å². The van der Waals surface area contributed by atoms with Gasteiger partial charge in [-0.3, -0.25) is 9.67 Å². The van der Waals surface area contributed by atoms with Crippen LogP contribution in [0.5, 0.6) is 5.75 Å². The number of pyridine rings is 1. The van der Waals surface area contributed by atoms with Gasteiger partial charge in [0.25, 0.3) is 0 Å². The highest BCUT2D eigenvalue weighted by molar-refractivity contribution is 6.31. The Balaban J connectivity index is 1.87. The van der Waals surface area contributed by atoms with Gasteiger partial charge in [0.15, 0.2) is 0 Å². The first-order valence-corrected chi connectivity index (χ1v) is 10.5. The molecule has 1 aliphatic rings. The zero-order valence-electron chi connectivity index (χ0n) is 17.7. The fourth-order valence-electron chi connectivity index (χ4n) is 4.15. The molecular formula is C22H23ClFN5O3. The fraction of sp³-hybridized carbons (Fsp3) is 0.318. The molecule has 2 aromatic heterocycles. The van der Waals surface area contributed by atoms with E-state index in [1.807, 2.05) is 6.92 Å². The summed E-state index contributed by atoms with van der Waals surface area (Å²) in [5.41, 5.74) is 8.81. The van der Waals surface area contributed by atoms with Crippen LogP contribution in [0.25, 0.3) is 17.0 Å². The van der Waals surface area contributed by atoms with Crippen LogP contribution in [0, 0.1) is 5.82 Å². The number of anilines is 1. The maximum Gasteiger partial charge on any atom is 0.407 e. The van der Waals surface area contributed by atoms with Crippen molar-refractivity contribution in [3.8, 4) is 5.75 Å². The Morgan fingerprint density at radius 2 is 2.22 bits per heavy atom. The maximum atomic E-state index is 15.2. The van der Waals surface area contributed by atoms with E-state index in [9.17, 15) is 9.90 Å². The van der Waals surface area contributed by atoms with Gasteiger partial charge in [-0.05, 0) is 26.0 Å². The van der Waals surface area contributed by atoms with Crippen molar-refractivity contribution in [2.75, 3.05) is 25.4 Å². The van der Waals surface area contributed by atoms with Gasteiger partial charge in [0.05, 0.1) is 52.3 Å². The van der Waals surface area contributed by atoms with Crippen molar-refractivity contribution < 1.29 is 19.0 Å². The van der Waals surface area contributed by atoms with Crippen molar-refractivity contribution in [2.24, 2.45) is 0 Å². The number of carbonyl (C=O) groups is 1. The van der Waals surface area contributed by atoms with Crippen molar-refractivity contribution in [3.63, 3.8) is 0 Å². The fourth-order valence-corrected chi connectivity index (χ4v) is 4.37. The molecule has 3 heterocycles. The minimum absolute atomic E-state index is 0.0582. The number of hydrogen-bond donors (Lipinski definition) is 2. The van der Waals surface area contributed by atoms with E-state index < -0.39 is 18.0 Å². The summed E-state index contributed by atoms with van der Waals surface area (Å²) in [6, 6.07) is 1.12. The zero-order chi connectivity index (χ0) is 23.2. The Hall–Kier alpha value is -3.33. The molecule has 32 heavy (non-hydrogen) atoms. The molecule has 1 fully saturated rings. The number of aromatic nitrogens is 3. The quantitative estimate of drug-likeness (QED) is 0.560. The molecule has 1 amide bonds. The third kappa shape index (κ3) is 3.42. The van der Waals surface area contributed by atoms with Gasteiger partial charge in [0.2, 0.25) is 0 Å². The van der Waals surface area contributed by atoms with Gasteiger partial charge >= 0.3 is 6.09 Å². The number of fused-ring (bicyclic) bond motifs is 1. The van der Waals surface area contributed by atoms with E-state index in [1.54, 1.807) is 30.1 Å². The molecule has 3 N–H and O–H groups in total. The monoisotopic (exact) mass is 459 g/mol. The average molecular weight is 460 g/mol. The topological polar surface area (TPSA) is 106 Å². The lowest BCUT2D eigenvalue weighted by molar-refractivity contribution is 0.103. The molecular weight excluding hydrogens is 437 g/mol. The molecule has 4 rings (SSSR count). The van der Waals surface area contributed by atoms with Crippen molar-refractivity contribution in [1.82, 2.24) is 19.7 Å². The lowest BCUT2D eigenvalue weighted by Gasteiger charge is -2.38. The molecule has 1 unspecified atom stereocenters. The third-order valence-corrected chi connectivity index (χ3v) is 6.04. The number of likely N-dealkylation sites (tertiary alicyclic amines) is 1. The van der Waals surface area contributed by atoms with Gasteiger partial charge in [-0.2, -0.15) is 5.10 Å². The summed E-state index contributed by atoms with van der Waals surface area (Å²) < 4.78 is 22.8. The first-order valence-electron chi connectivity index (χ1n) is 10.1. The van der Waals surface area contributed by atoms with Gasteiger partial charge in [-0.25, -0.2) is 9.18 Å². The van der Waals surface area contributed by atoms with E-state index in [0.29, 0.717) is 34.8 Å². The predicted molar refractivity (Wildman–Crippen MR) is 121 cm³/mol. The predicted octanol–water partition coefficient (Wildman–Crippen LogP) is 4.53. The lowest BCUT2D eigenvalue weighted by Crippen LogP contribution is -2.48. The summed E-state index contributed by atoms with van der Waals surface area (Å²) in [5.74, 6) is -0.588. The minimum Gasteiger partial charge on any atom is -0.493 e. The summed E-state index contributed by atoms with van der Waals surface area (Å²) in [4.78, 5) is 16.6. The molecule has 1 saturated heterocycles. The van der Waals surface area contributed by atoms with Crippen molar-refractivity contribution in [2.45, 2.75) is 25.8 Å². The van der Waals surface area contributed by atoms with Crippen molar-refractivity contribution >= 4 is 40.4 Å². The lowest BCUT2D eigenvalue weighted by atomic mass is 9.88. The van der Waals surface area contributed by atoms with Crippen molar-refractivity contribution in [1.29, 1.82) is 0 Å². The number of nitrogens with two attached hydrogens (primary N) is 1. The Labute approximate surface area is 189 Å². The van der Waals surface area contributed by atoms with Crippen LogP contribution in [0.3, 0.4) is 0 Å². The molecule has 1 aromatic carbocycles. The highest BCUT2D eigenvalue weighted by Gasteiger charge is 2.38. The molecule has 8 nitrogen and oxygen atoms in total. The highest BCUT2D eigenvalue weighted by atomic mass is 35.5. The first-order chi connectivity index (χ1) is 15.3. The summed E-state index contributed by atoms with van der Waals surface area (Å²) in [6.07, 6.45) is 3.78. The largest absolute Gasteiger partial charge is 0.493 e. The molecule has 0 saturated carbocycles. The van der Waals surface area contributed by atoms with Gasteiger partial charge in [-0.1, -0.05) is 18.2 Å². The number of rotatable bonds is 6. The molecule has 168 valence electrons. The SMILES string of the molecule is C=Cc1nn(C(C)c2cc(Cl)c(F)c(C3CN(C(=O)O)C3)c2OCC)c2cncc(N)c12. The maximum absolute atomic E-state index is 15.2. The van der Waals surface area contributed by atoms with Gasteiger partial charge < -0.3 is 20.5 Å². The second kappa shape index (κ2) is 8.31. The van der Waals surface area contributed by atoms with Crippen LogP contribution in [0.15, 0.2) is 25.0 Å². The van der Waals surface area contributed by atoms with E-state index >= 15 is 4.39 Å². The molecule has 3 aromatic rings. The number of ether oxygens (including phenoxy) is 1. The number of carboxylic acid groups (broad SMARTS) is 1. The van der Waals surface area contributed by atoms with Crippen LogP contribution < -0.4 is 10.5 Å². The Morgan fingerprint density at radius 1 is 1.50 bits per heavy atom. The minimum atomic E-state index is -1.04. The molecule has 0 aliphatic carbocycles. The zero-order valence-corrected chi connectivity index (χ0v) is 18.4. The van der Waals surface area contributed by atoms with Crippen LogP contribution in [-0.4, -0.2) is 50.6 Å². The standard InChI is InChI=1S/C22H23ClFN5O3/c1-4-16-19-15(25)7-26-8-17(19)29(27-16)11(3)13-6-14(23)20(24)18(21(13)32-5-2)12-9-28(10-12)22(30)31/h4,6-8,11-12H,1,5,9-10,25H2,2-3H3,(H,30,31). The Kier molecular flexibility index (Phi) is 5.68. The van der Waals surface area contributed by atoms with E-state index in [4.69, 9.17) is 22.1 Å². The Bertz CT molecular complexity index is 1220. The molecule has 0 radical (unpaired) electrons. The normalized spacial score (nSPS) is 14.9. The molecule has 0 spiro atoms. The van der Waals surface area contributed by atoms with E-state index in [1.165, 1.54) is 11.0 Å². The van der Waals surface area contributed by atoms with Crippen LogP contribution in [0.1, 0.15) is 42.6 Å². The molecule has 0 bridgehead atoms. The Morgan fingerprint density at radius 3 is 2.84 bits per heavy atom. The summed E-state index contributed by atoms with van der Waals surface area (Å²) in [6.45, 7) is 8.16. The van der Waals surface area contributed by atoms with Crippen molar-refractivity contribution in [3.05, 3.63) is 52.7 Å². The van der Waals surface area contributed by atoms with E-state index in [2.05, 4.69) is 16.7 Å². The number of nitrogen functional groups attached to an aromatic ring is 1. The number of halogens is 2. The second-order valence-corrected chi connectivity index (χ2v) is 8.06. The van der Waals surface area contributed by atoms with E-state index in [-0.39, 0.29) is 29.6 Å². The number of hydrogen-bond acceptors (Lipinski definition) is 5. The van der Waals surface area contributed by atoms with E-state index in [0.717, 1.165) is 5.39 Å². The third-order valence-electron chi connectivity index (χ3n) is 5.77. The second-order valence-electron chi connectivity index (χ2n) is 7.65. The van der Waals surface area contributed by atoms with Crippen LogP contribution >= 0.6 is 11.6 Å². The average Bonchev–Trinajstić information content (AvgIpc) is 3.11. The number of benzene rings is 1. The number of nitrogens with zero attached hydrogens (tertiary/aromatic N) is 4.